The number of hydrogen-bond donors (Lipinski definition) is 0. The van der Waals surface area contributed by atoms with Gasteiger partial charge in [-0.2, -0.15) is 0 Å². The Morgan fingerprint density at radius 3 is 2.59 bits per heavy atom. The van der Waals surface area contributed by atoms with Gasteiger partial charge in [0.2, 0.25) is 0 Å². The Hall–Kier alpha value is -2.79. The van der Waals surface area contributed by atoms with E-state index in [-0.39, 0.29) is 11.7 Å². The zero-order chi connectivity index (χ0) is 18.6. The van der Waals surface area contributed by atoms with Gasteiger partial charge >= 0.3 is 0 Å². The monoisotopic (exact) mass is 363 g/mol. The average Bonchev–Trinajstić information content (AvgIpc) is 2.94. The van der Waals surface area contributed by atoms with Gasteiger partial charge in [-0.15, -0.1) is 0 Å². The normalized spacial score (nSPS) is 15.7. The van der Waals surface area contributed by atoms with E-state index in [0.717, 1.165) is 49.1 Å². The summed E-state index contributed by atoms with van der Waals surface area (Å²) in [5.74, 6) is -0.223. The number of benzene rings is 2. The summed E-state index contributed by atoms with van der Waals surface area (Å²) in [6, 6.07) is 18.2. The van der Waals surface area contributed by atoms with Gasteiger partial charge in [0.05, 0.1) is 5.52 Å². The van der Waals surface area contributed by atoms with E-state index in [4.69, 9.17) is 0 Å². The Balaban J connectivity index is 1.42. The van der Waals surface area contributed by atoms with Crippen LogP contribution >= 0.6 is 0 Å². The minimum Gasteiger partial charge on any atom is -0.336 e. The van der Waals surface area contributed by atoms with Gasteiger partial charge in [-0.3, -0.25) is 9.69 Å². The summed E-state index contributed by atoms with van der Waals surface area (Å²) in [4.78, 5) is 21.6. The summed E-state index contributed by atoms with van der Waals surface area (Å²) < 4.78 is 13.1. The minimum absolute atomic E-state index is 0.00983. The molecular weight excluding hydrogens is 341 g/mol. The molecule has 4 nitrogen and oxygen atoms in total. The van der Waals surface area contributed by atoms with Gasteiger partial charge in [0.1, 0.15) is 11.5 Å². The van der Waals surface area contributed by atoms with Crippen molar-refractivity contribution in [3.05, 3.63) is 77.7 Å². The van der Waals surface area contributed by atoms with Crippen LogP contribution in [0.3, 0.4) is 0 Å². The minimum atomic E-state index is -0.214. The second-order valence-corrected chi connectivity index (χ2v) is 6.94. The lowest BCUT2D eigenvalue weighted by atomic mass is 10.2. The highest BCUT2D eigenvalue weighted by Crippen LogP contribution is 2.15. The molecule has 5 heteroatoms. The van der Waals surface area contributed by atoms with Gasteiger partial charge in [0.25, 0.3) is 5.91 Å². The van der Waals surface area contributed by atoms with E-state index >= 15 is 0 Å². The number of carbonyl (C=O) groups is 1. The highest BCUT2D eigenvalue weighted by Gasteiger charge is 2.21. The van der Waals surface area contributed by atoms with Crippen molar-refractivity contribution in [1.29, 1.82) is 0 Å². The van der Waals surface area contributed by atoms with Gasteiger partial charge in [0, 0.05) is 38.1 Å². The molecular formula is C22H22FN3O. The Labute approximate surface area is 158 Å². The Bertz CT molecular complexity index is 942. The van der Waals surface area contributed by atoms with Crippen molar-refractivity contribution in [2.24, 2.45) is 0 Å². The second kappa shape index (κ2) is 7.84. The van der Waals surface area contributed by atoms with Gasteiger partial charge in [-0.25, -0.2) is 9.37 Å². The Morgan fingerprint density at radius 1 is 0.926 bits per heavy atom. The van der Waals surface area contributed by atoms with Gasteiger partial charge in [-0.05, 0) is 36.2 Å². The molecule has 3 aromatic rings. The van der Waals surface area contributed by atoms with E-state index in [1.807, 2.05) is 53.4 Å². The average molecular weight is 363 g/mol. The first-order valence-electron chi connectivity index (χ1n) is 9.31. The lowest BCUT2D eigenvalue weighted by Crippen LogP contribution is -2.35. The number of pyridine rings is 1. The zero-order valence-corrected chi connectivity index (χ0v) is 15.1. The molecule has 1 amide bonds. The first kappa shape index (κ1) is 17.6. The fourth-order valence-electron chi connectivity index (χ4n) is 3.53. The smallest absolute Gasteiger partial charge is 0.272 e. The molecule has 0 unspecified atom stereocenters. The first-order chi connectivity index (χ1) is 13.2. The molecule has 0 aliphatic carbocycles. The van der Waals surface area contributed by atoms with Crippen LogP contribution in [0.1, 0.15) is 22.5 Å². The lowest BCUT2D eigenvalue weighted by molar-refractivity contribution is 0.0755. The van der Waals surface area contributed by atoms with Crippen LogP contribution in [0.2, 0.25) is 0 Å². The number of carbonyl (C=O) groups excluding carboxylic acids is 1. The molecule has 4 rings (SSSR count). The number of halogens is 1. The molecule has 0 atom stereocenters. The van der Waals surface area contributed by atoms with E-state index in [9.17, 15) is 9.18 Å². The molecule has 1 aliphatic heterocycles. The largest absolute Gasteiger partial charge is 0.336 e. The molecule has 0 saturated carbocycles. The summed E-state index contributed by atoms with van der Waals surface area (Å²) in [6.45, 7) is 3.90. The number of rotatable bonds is 3. The Kier molecular flexibility index (Phi) is 5.12. The highest BCUT2D eigenvalue weighted by atomic mass is 19.1. The first-order valence-corrected chi connectivity index (χ1v) is 9.31. The molecule has 0 N–H and O–H groups in total. The van der Waals surface area contributed by atoms with Crippen LogP contribution in [0.25, 0.3) is 10.9 Å². The molecule has 1 fully saturated rings. The van der Waals surface area contributed by atoms with E-state index in [2.05, 4.69) is 9.88 Å². The highest BCUT2D eigenvalue weighted by molar-refractivity contribution is 5.94. The topological polar surface area (TPSA) is 36.4 Å². The fourth-order valence-corrected chi connectivity index (χ4v) is 3.53. The second-order valence-electron chi connectivity index (χ2n) is 6.94. The van der Waals surface area contributed by atoms with Gasteiger partial charge in [-0.1, -0.05) is 36.4 Å². The van der Waals surface area contributed by atoms with E-state index < -0.39 is 0 Å². The fraction of sp³-hybridized carbons (Fsp3) is 0.273. The van der Waals surface area contributed by atoms with Gasteiger partial charge in [0.15, 0.2) is 0 Å². The number of para-hydroxylation sites is 1. The molecule has 138 valence electrons. The van der Waals surface area contributed by atoms with Crippen LogP contribution in [-0.4, -0.2) is 46.9 Å². The van der Waals surface area contributed by atoms with Crippen LogP contribution in [0.5, 0.6) is 0 Å². The number of fused-ring (bicyclic) bond motifs is 1. The molecule has 0 spiro atoms. The summed E-state index contributed by atoms with van der Waals surface area (Å²) in [5, 5.41) is 1.04. The van der Waals surface area contributed by atoms with Crippen molar-refractivity contribution in [3.63, 3.8) is 0 Å². The van der Waals surface area contributed by atoms with E-state index in [1.54, 1.807) is 0 Å². The van der Waals surface area contributed by atoms with Crippen molar-refractivity contribution < 1.29 is 9.18 Å². The third-order valence-corrected chi connectivity index (χ3v) is 5.01. The quantitative estimate of drug-likeness (QED) is 0.712. The summed E-state index contributed by atoms with van der Waals surface area (Å²) in [5.41, 5.74) is 2.43. The maximum Gasteiger partial charge on any atom is 0.272 e. The van der Waals surface area contributed by atoms with Crippen molar-refractivity contribution in [2.45, 2.75) is 13.0 Å². The lowest BCUT2D eigenvalue weighted by Gasteiger charge is -2.22. The van der Waals surface area contributed by atoms with Crippen LogP contribution < -0.4 is 0 Å². The van der Waals surface area contributed by atoms with E-state index in [0.29, 0.717) is 12.2 Å². The van der Waals surface area contributed by atoms with Crippen molar-refractivity contribution in [2.75, 3.05) is 26.2 Å². The van der Waals surface area contributed by atoms with Crippen molar-refractivity contribution in [1.82, 2.24) is 14.8 Å². The molecule has 2 aromatic carbocycles. The third kappa shape index (κ3) is 4.14. The third-order valence-electron chi connectivity index (χ3n) is 5.01. The summed E-state index contributed by atoms with van der Waals surface area (Å²) in [7, 11) is 0. The number of aromatic nitrogens is 1. The SMILES string of the molecule is O=C(c1ccc2ccccc2n1)N1CCCN(Cc2ccc(F)cc2)CC1. The van der Waals surface area contributed by atoms with E-state index in [1.165, 1.54) is 12.1 Å². The van der Waals surface area contributed by atoms with Crippen LogP contribution in [-0.2, 0) is 6.54 Å². The Morgan fingerprint density at radius 2 is 1.74 bits per heavy atom. The predicted molar refractivity (Wildman–Crippen MR) is 104 cm³/mol. The van der Waals surface area contributed by atoms with Crippen LogP contribution in [0.4, 0.5) is 4.39 Å². The molecule has 27 heavy (non-hydrogen) atoms. The zero-order valence-electron chi connectivity index (χ0n) is 15.1. The standard InChI is InChI=1S/C22H22FN3O/c23-19-9-6-17(7-10-19)16-25-12-3-13-26(15-14-25)22(27)21-11-8-18-4-1-2-5-20(18)24-21/h1-2,4-11H,3,12-16H2. The summed E-state index contributed by atoms with van der Waals surface area (Å²) in [6.07, 6.45) is 0.917. The molecule has 1 aliphatic rings. The predicted octanol–water partition coefficient (Wildman–Crippen LogP) is 3.72. The maximum absolute atomic E-state index is 13.1. The number of amides is 1. The molecule has 0 bridgehead atoms. The molecule has 1 aromatic heterocycles. The van der Waals surface area contributed by atoms with Crippen molar-refractivity contribution >= 4 is 16.8 Å². The van der Waals surface area contributed by atoms with Crippen LogP contribution in [0, 0.1) is 5.82 Å². The molecule has 1 saturated heterocycles. The molecule has 0 radical (unpaired) electrons. The maximum atomic E-state index is 13.1. The van der Waals surface area contributed by atoms with Crippen LogP contribution in [0.15, 0.2) is 60.7 Å². The van der Waals surface area contributed by atoms with Crippen molar-refractivity contribution in [3.8, 4) is 0 Å². The number of nitrogens with zero attached hydrogens (tertiary/aromatic N) is 3. The number of hydrogen-bond acceptors (Lipinski definition) is 3. The summed E-state index contributed by atoms with van der Waals surface area (Å²) >= 11 is 0. The van der Waals surface area contributed by atoms with Gasteiger partial charge < -0.3 is 4.90 Å². The molecule has 2 heterocycles.